The Hall–Kier alpha value is -3.08. The number of rotatable bonds is 4. The lowest BCUT2D eigenvalue weighted by atomic mass is 9.92. The number of benzene rings is 1. The first-order valence-corrected chi connectivity index (χ1v) is 10.0. The largest absolute Gasteiger partial charge is 0.337 e. The van der Waals surface area contributed by atoms with E-state index in [1.54, 1.807) is 12.3 Å². The van der Waals surface area contributed by atoms with Crippen molar-refractivity contribution in [1.82, 2.24) is 14.9 Å². The van der Waals surface area contributed by atoms with Crippen LogP contribution in [0.1, 0.15) is 51.8 Å². The topological polar surface area (TPSA) is 46.1 Å². The van der Waals surface area contributed by atoms with Crippen LogP contribution in [0, 0.1) is 12.7 Å². The van der Waals surface area contributed by atoms with Crippen molar-refractivity contribution in [2.75, 3.05) is 13.1 Å². The average molecular weight is 389 g/mol. The third-order valence-electron chi connectivity index (χ3n) is 5.37. The SMILES string of the molecule is Cc1cc(Cc2ccc(F)cc2)cc([C@@H]2CCCN(C(=O)c3ccccn3)C2)n1. The minimum atomic E-state index is -0.222. The van der Waals surface area contributed by atoms with Crippen LogP contribution < -0.4 is 0 Å². The minimum Gasteiger partial charge on any atom is -0.337 e. The normalized spacial score (nSPS) is 16.6. The molecule has 1 fully saturated rings. The van der Waals surface area contributed by atoms with Gasteiger partial charge in [-0.3, -0.25) is 14.8 Å². The molecule has 1 atom stereocenters. The maximum absolute atomic E-state index is 13.2. The van der Waals surface area contributed by atoms with Gasteiger partial charge in [-0.05, 0) is 73.7 Å². The Labute approximate surface area is 170 Å². The zero-order valence-electron chi connectivity index (χ0n) is 16.5. The number of likely N-dealkylation sites (tertiary alicyclic amines) is 1. The molecule has 0 radical (unpaired) electrons. The zero-order chi connectivity index (χ0) is 20.2. The Kier molecular flexibility index (Phi) is 5.65. The minimum absolute atomic E-state index is 0.0190. The van der Waals surface area contributed by atoms with Gasteiger partial charge in [-0.25, -0.2) is 4.39 Å². The number of pyridine rings is 2. The molecular weight excluding hydrogens is 365 g/mol. The standard InChI is InChI=1S/C24H24FN3O/c1-17-13-19(14-18-7-9-21(25)10-8-18)15-23(27-17)20-5-4-12-28(16-20)24(29)22-6-2-3-11-26-22/h2-3,6-11,13,15,20H,4-5,12,14,16H2,1H3/t20-/m1/s1. The Morgan fingerprint density at radius 2 is 1.97 bits per heavy atom. The van der Waals surface area contributed by atoms with Crippen LogP contribution in [0.5, 0.6) is 0 Å². The van der Waals surface area contributed by atoms with Crippen LogP contribution in [0.4, 0.5) is 4.39 Å². The number of hydrogen-bond donors (Lipinski definition) is 0. The number of hydrogen-bond acceptors (Lipinski definition) is 3. The number of halogens is 1. The summed E-state index contributed by atoms with van der Waals surface area (Å²) < 4.78 is 13.2. The molecule has 4 rings (SSSR count). The van der Waals surface area contributed by atoms with Gasteiger partial charge in [0.2, 0.25) is 0 Å². The van der Waals surface area contributed by atoms with Gasteiger partial charge in [0.05, 0.1) is 0 Å². The molecule has 0 spiro atoms. The molecule has 0 saturated carbocycles. The molecule has 4 nitrogen and oxygen atoms in total. The fourth-order valence-electron chi connectivity index (χ4n) is 3.97. The summed E-state index contributed by atoms with van der Waals surface area (Å²) in [5.41, 5.74) is 4.71. The second-order valence-electron chi connectivity index (χ2n) is 7.65. The maximum Gasteiger partial charge on any atom is 0.272 e. The Morgan fingerprint density at radius 3 is 2.72 bits per heavy atom. The zero-order valence-corrected chi connectivity index (χ0v) is 16.5. The van der Waals surface area contributed by atoms with E-state index in [0.29, 0.717) is 12.2 Å². The van der Waals surface area contributed by atoms with Crippen LogP contribution >= 0.6 is 0 Å². The number of aryl methyl sites for hydroxylation is 1. The van der Waals surface area contributed by atoms with Crippen LogP contribution in [-0.4, -0.2) is 33.9 Å². The molecule has 1 aromatic carbocycles. The predicted octanol–water partition coefficient (Wildman–Crippen LogP) is 4.53. The van der Waals surface area contributed by atoms with E-state index in [1.807, 2.05) is 36.1 Å². The summed E-state index contributed by atoms with van der Waals surface area (Å²) in [5.74, 6) is -0.0296. The van der Waals surface area contributed by atoms with E-state index in [2.05, 4.69) is 17.1 Å². The molecule has 3 aromatic rings. The average Bonchev–Trinajstić information content (AvgIpc) is 2.75. The third-order valence-corrected chi connectivity index (χ3v) is 5.37. The molecule has 0 unspecified atom stereocenters. The molecule has 1 amide bonds. The fraction of sp³-hybridized carbons (Fsp3) is 0.292. The number of carbonyl (C=O) groups is 1. The first-order chi connectivity index (χ1) is 14.1. The summed E-state index contributed by atoms with van der Waals surface area (Å²) in [7, 11) is 0. The van der Waals surface area contributed by atoms with Gasteiger partial charge in [-0.2, -0.15) is 0 Å². The summed E-state index contributed by atoms with van der Waals surface area (Å²) in [6, 6.07) is 16.2. The molecule has 0 bridgehead atoms. The van der Waals surface area contributed by atoms with Gasteiger partial charge in [0.1, 0.15) is 11.5 Å². The molecule has 148 valence electrons. The maximum atomic E-state index is 13.2. The summed E-state index contributed by atoms with van der Waals surface area (Å²) in [6.07, 6.45) is 4.35. The lowest BCUT2D eigenvalue weighted by Crippen LogP contribution is -2.39. The van der Waals surface area contributed by atoms with E-state index < -0.39 is 0 Å². The van der Waals surface area contributed by atoms with E-state index in [4.69, 9.17) is 4.98 Å². The van der Waals surface area contributed by atoms with Gasteiger partial charge in [-0.1, -0.05) is 18.2 Å². The summed E-state index contributed by atoms with van der Waals surface area (Å²) in [5, 5.41) is 0. The van der Waals surface area contributed by atoms with Crippen LogP contribution in [0.3, 0.4) is 0 Å². The number of aromatic nitrogens is 2. The lowest BCUT2D eigenvalue weighted by molar-refractivity contribution is 0.0700. The molecule has 1 aliphatic heterocycles. The van der Waals surface area contributed by atoms with Crippen molar-refractivity contribution in [3.05, 3.63) is 94.8 Å². The van der Waals surface area contributed by atoms with Gasteiger partial charge in [0.25, 0.3) is 5.91 Å². The highest BCUT2D eigenvalue weighted by Gasteiger charge is 2.27. The van der Waals surface area contributed by atoms with Gasteiger partial charge < -0.3 is 4.90 Å². The number of carbonyl (C=O) groups excluding carboxylic acids is 1. The molecular formula is C24H24FN3O. The number of piperidine rings is 1. The van der Waals surface area contributed by atoms with Crippen molar-refractivity contribution in [2.45, 2.75) is 32.1 Å². The fourth-order valence-corrected chi connectivity index (χ4v) is 3.97. The van der Waals surface area contributed by atoms with Crippen molar-refractivity contribution >= 4 is 5.91 Å². The predicted molar refractivity (Wildman–Crippen MR) is 110 cm³/mol. The molecule has 3 heterocycles. The lowest BCUT2D eigenvalue weighted by Gasteiger charge is -2.32. The Bertz CT molecular complexity index is 989. The van der Waals surface area contributed by atoms with E-state index in [0.717, 1.165) is 48.3 Å². The number of amides is 1. The van der Waals surface area contributed by atoms with Crippen molar-refractivity contribution in [2.24, 2.45) is 0 Å². The first kappa shape index (κ1) is 19.2. The Balaban J connectivity index is 1.52. The molecule has 2 aromatic heterocycles. The van der Waals surface area contributed by atoms with E-state index in [-0.39, 0.29) is 17.6 Å². The van der Waals surface area contributed by atoms with Crippen LogP contribution in [-0.2, 0) is 6.42 Å². The quantitative estimate of drug-likeness (QED) is 0.658. The summed E-state index contributed by atoms with van der Waals surface area (Å²) in [6.45, 7) is 3.40. The second kappa shape index (κ2) is 8.52. The van der Waals surface area contributed by atoms with Crippen LogP contribution in [0.25, 0.3) is 0 Å². The molecule has 5 heteroatoms. The summed E-state index contributed by atoms with van der Waals surface area (Å²) in [4.78, 5) is 23.6. The van der Waals surface area contributed by atoms with Gasteiger partial charge >= 0.3 is 0 Å². The number of nitrogens with zero attached hydrogens (tertiary/aromatic N) is 3. The molecule has 0 N–H and O–H groups in total. The van der Waals surface area contributed by atoms with Gasteiger partial charge in [-0.15, -0.1) is 0 Å². The van der Waals surface area contributed by atoms with Crippen molar-refractivity contribution in [3.63, 3.8) is 0 Å². The molecule has 1 saturated heterocycles. The highest BCUT2D eigenvalue weighted by atomic mass is 19.1. The second-order valence-corrected chi connectivity index (χ2v) is 7.65. The van der Waals surface area contributed by atoms with E-state index in [1.165, 1.54) is 12.1 Å². The van der Waals surface area contributed by atoms with Gasteiger partial charge in [0.15, 0.2) is 0 Å². The first-order valence-electron chi connectivity index (χ1n) is 10.0. The molecule has 1 aliphatic rings. The van der Waals surface area contributed by atoms with E-state index >= 15 is 0 Å². The van der Waals surface area contributed by atoms with Crippen LogP contribution in [0.2, 0.25) is 0 Å². The highest BCUT2D eigenvalue weighted by Crippen LogP contribution is 2.28. The monoisotopic (exact) mass is 389 g/mol. The van der Waals surface area contributed by atoms with E-state index in [9.17, 15) is 9.18 Å². The smallest absolute Gasteiger partial charge is 0.272 e. The highest BCUT2D eigenvalue weighted by molar-refractivity contribution is 5.92. The van der Waals surface area contributed by atoms with Crippen LogP contribution in [0.15, 0.2) is 60.8 Å². The van der Waals surface area contributed by atoms with Gasteiger partial charge in [0, 0.05) is 36.6 Å². The van der Waals surface area contributed by atoms with Crippen molar-refractivity contribution in [3.8, 4) is 0 Å². The summed E-state index contributed by atoms with van der Waals surface area (Å²) >= 11 is 0. The van der Waals surface area contributed by atoms with Crippen molar-refractivity contribution in [1.29, 1.82) is 0 Å². The third kappa shape index (κ3) is 4.67. The Morgan fingerprint density at radius 1 is 1.14 bits per heavy atom. The van der Waals surface area contributed by atoms with Crippen molar-refractivity contribution < 1.29 is 9.18 Å². The molecule has 29 heavy (non-hydrogen) atoms. The molecule has 0 aliphatic carbocycles.